The molecule has 2 rings (SSSR count). The van der Waals surface area contributed by atoms with Crippen molar-refractivity contribution in [2.75, 3.05) is 11.9 Å². The van der Waals surface area contributed by atoms with E-state index in [0.717, 1.165) is 23.3 Å². The SMILES string of the molecule is Cc1ccc(N(C)c2c(F)cc(C=O)cc2F)c(C)c1. The van der Waals surface area contributed by atoms with Gasteiger partial charge in [0.2, 0.25) is 0 Å². The zero-order valence-electron chi connectivity index (χ0n) is 11.6. The van der Waals surface area contributed by atoms with E-state index in [4.69, 9.17) is 0 Å². The molecule has 0 aliphatic carbocycles. The van der Waals surface area contributed by atoms with Gasteiger partial charge in [0.25, 0.3) is 0 Å². The molecule has 104 valence electrons. The maximum Gasteiger partial charge on any atom is 0.150 e. The lowest BCUT2D eigenvalue weighted by Crippen LogP contribution is -2.15. The monoisotopic (exact) mass is 275 g/mol. The second-order valence-corrected chi connectivity index (χ2v) is 4.80. The zero-order valence-corrected chi connectivity index (χ0v) is 11.6. The number of carbonyl (C=O) groups is 1. The van der Waals surface area contributed by atoms with Crippen LogP contribution in [-0.4, -0.2) is 13.3 Å². The van der Waals surface area contributed by atoms with Gasteiger partial charge in [-0.15, -0.1) is 0 Å². The minimum absolute atomic E-state index is 0.0159. The second kappa shape index (κ2) is 5.41. The first-order valence-electron chi connectivity index (χ1n) is 6.19. The minimum atomic E-state index is -0.755. The van der Waals surface area contributed by atoms with E-state index in [1.54, 1.807) is 7.05 Å². The molecule has 0 N–H and O–H groups in total. The molecule has 0 unspecified atom stereocenters. The molecule has 2 aromatic carbocycles. The Bertz CT molecular complexity index is 645. The lowest BCUT2D eigenvalue weighted by Gasteiger charge is -2.23. The van der Waals surface area contributed by atoms with Gasteiger partial charge in [-0.1, -0.05) is 17.7 Å². The predicted octanol–water partition coefficient (Wildman–Crippen LogP) is 4.16. The van der Waals surface area contributed by atoms with Crippen molar-refractivity contribution < 1.29 is 13.6 Å². The average molecular weight is 275 g/mol. The molecule has 20 heavy (non-hydrogen) atoms. The van der Waals surface area contributed by atoms with E-state index in [9.17, 15) is 13.6 Å². The Hall–Kier alpha value is -2.23. The molecule has 0 amide bonds. The first-order chi connectivity index (χ1) is 9.43. The summed E-state index contributed by atoms with van der Waals surface area (Å²) in [7, 11) is 1.60. The molecule has 0 saturated heterocycles. The van der Waals surface area contributed by atoms with E-state index < -0.39 is 11.6 Å². The zero-order chi connectivity index (χ0) is 14.9. The third-order valence-corrected chi connectivity index (χ3v) is 3.22. The number of anilines is 2. The number of hydrogen-bond donors (Lipinski definition) is 0. The summed E-state index contributed by atoms with van der Waals surface area (Å²) in [4.78, 5) is 12.1. The van der Waals surface area contributed by atoms with Crippen LogP contribution in [-0.2, 0) is 0 Å². The standard InChI is InChI=1S/C16H15F2NO/c1-10-4-5-15(11(2)6-10)19(3)16-13(17)7-12(9-20)8-14(16)18/h4-9H,1-3H3. The van der Waals surface area contributed by atoms with Crippen molar-refractivity contribution in [3.63, 3.8) is 0 Å². The number of nitrogens with zero attached hydrogens (tertiary/aromatic N) is 1. The van der Waals surface area contributed by atoms with Gasteiger partial charge in [-0.3, -0.25) is 4.79 Å². The molecule has 0 radical (unpaired) electrons. The summed E-state index contributed by atoms with van der Waals surface area (Å²) in [6, 6.07) is 7.71. The summed E-state index contributed by atoms with van der Waals surface area (Å²) in [6.07, 6.45) is 0.424. The summed E-state index contributed by atoms with van der Waals surface area (Å²) in [5.74, 6) is -1.51. The highest BCUT2D eigenvalue weighted by molar-refractivity contribution is 5.77. The number of benzene rings is 2. The van der Waals surface area contributed by atoms with Crippen LogP contribution >= 0.6 is 0 Å². The van der Waals surface area contributed by atoms with Crippen LogP contribution in [0.5, 0.6) is 0 Å². The van der Waals surface area contributed by atoms with Gasteiger partial charge in [0.05, 0.1) is 0 Å². The van der Waals surface area contributed by atoms with Gasteiger partial charge < -0.3 is 4.90 Å². The molecular formula is C16H15F2NO. The lowest BCUT2D eigenvalue weighted by molar-refractivity contribution is 0.112. The Labute approximate surface area is 116 Å². The highest BCUT2D eigenvalue weighted by Gasteiger charge is 2.17. The number of hydrogen-bond acceptors (Lipinski definition) is 2. The van der Waals surface area contributed by atoms with Crippen LogP contribution in [0.25, 0.3) is 0 Å². The van der Waals surface area contributed by atoms with Crippen molar-refractivity contribution in [3.05, 3.63) is 58.7 Å². The number of halogens is 2. The molecule has 2 nitrogen and oxygen atoms in total. The fourth-order valence-corrected chi connectivity index (χ4v) is 2.28. The molecule has 2 aromatic rings. The van der Waals surface area contributed by atoms with Gasteiger partial charge in [0.15, 0.2) is 11.6 Å². The molecule has 0 aliphatic heterocycles. The van der Waals surface area contributed by atoms with Gasteiger partial charge >= 0.3 is 0 Å². The largest absolute Gasteiger partial charge is 0.340 e. The smallest absolute Gasteiger partial charge is 0.150 e. The molecular weight excluding hydrogens is 260 g/mol. The number of rotatable bonds is 3. The average Bonchev–Trinajstić information content (AvgIpc) is 2.37. The molecule has 4 heteroatoms. The van der Waals surface area contributed by atoms with Crippen LogP contribution in [0.15, 0.2) is 30.3 Å². The van der Waals surface area contributed by atoms with Crippen molar-refractivity contribution in [1.29, 1.82) is 0 Å². The highest BCUT2D eigenvalue weighted by Crippen LogP contribution is 2.32. The molecule has 0 aliphatic rings. The second-order valence-electron chi connectivity index (χ2n) is 4.80. The predicted molar refractivity (Wildman–Crippen MR) is 75.7 cm³/mol. The van der Waals surface area contributed by atoms with E-state index in [1.165, 1.54) is 4.90 Å². The lowest BCUT2D eigenvalue weighted by atomic mass is 10.1. The van der Waals surface area contributed by atoms with Crippen LogP contribution in [0.2, 0.25) is 0 Å². The summed E-state index contributed by atoms with van der Waals surface area (Å²) in [5, 5.41) is 0. The Kier molecular flexibility index (Phi) is 3.84. The van der Waals surface area contributed by atoms with Crippen LogP contribution < -0.4 is 4.90 Å². The summed E-state index contributed by atoms with van der Waals surface area (Å²) < 4.78 is 28.0. The fourth-order valence-electron chi connectivity index (χ4n) is 2.28. The van der Waals surface area contributed by atoms with Crippen LogP contribution in [0.3, 0.4) is 0 Å². The quantitative estimate of drug-likeness (QED) is 0.784. The van der Waals surface area contributed by atoms with E-state index in [0.29, 0.717) is 12.0 Å². The van der Waals surface area contributed by atoms with Gasteiger partial charge in [0, 0.05) is 18.3 Å². The van der Waals surface area contributed by atoms with Crippen LogP contribution in [0.1, 0.15) is 21.5 Å². The van der Waals surface area contributed by atoms with Crippen molar-refractivity contribution >= 4 is 17.7 Å². The Balaban J connectivity index is 2.53. The van der Waals surface area contributed by atoms with Crippen molar-refractivity contribution in [2.24, 2.45) is 0 Å². The molecule has 0 bridgehead atoms. The van der Waals surface area contributed by atoms with Crippen LogP contribution in [0.4, 0.5) is 20.2 Å². The third-order valence-electron chi connectivity index (χ3n) is 3.22. The molecule has 0 atom stereocenters. The molecule has 0 fully saturated rings. The van der Waals surface area contributed by atoms with Gasteiger partial charge in [-0.05, 0) is 37.6 Å². The van der Waals surface area contributed by atoms with E-state index in [1.807, 2.05) is 32.0 Å². The van der Waals surface area contributed by atoms with Crippen LogP contribution in [0, 0.1) is 25.5 Å². The van der Waals surface area contributed by atoms with E-state index >= 15 is 0 Å². The van der Waals surface area contributed by atoms with E-state index in [2.05, 4.69) is 0 Å². The Morgan fingerprint density at radius 2 is 1.65 bits per heavy atom. The van der Waals surface area contributed by atoms with Crippen molar-refractivity contribution in [3.8, 4) is 0 Å². The first kappa shape index (κ1) is 14.2. The van der Waals surface area contributed by atoms with Crippen molar-refractivity contribution in [1.82, 2.24) is 0 Å². The maximum absolute atomic E-state index is 14.0. The molecule has 0 saturated carbocycles. The number of aryl methyl sites for hydroxylation is 2. The Morgan fingerprint density at radius 3 is 2.15 bits per heavy atom. The fraction of sp³-hybridized carbons (Fsp3) is 0.188. The summed E-state index contributed by atoms with van der Waals surface area (Å²) in [6.45, 7) is 3.84. The molecule has 0 spiro atoms. The third kappa shape index (κ3) is 2.54. The minimum Gasteiger partial charge on any atom is -0.340 e. The normalized spacial score (nSPS) is 10.4. The first-order valence-corrected chi connectivity index (χ1v) is 6.19. The van der Waals surface area contributed by atoms with E-state index in [-0.39, 0.29) is 11.3 Å². The van der Waals surface area contributed by atoms with Gasteiger partial charge in [0.1, 0.15) is 12.0 Å². The maximum atomic E-state index is 14.0. The molecule has 0 heterocycles. The van der Waals surface area contributed by atoms with Gasteiger partial charge in [-0.25, -0.2) is 8.78 Å². The molecule has 0 aromatic heterocycles. The highest BCUT2D eigenvalue weighted by atomic mass is 19.1. The van der Waals surface area contributed by atoms with Crippen molar-refractivity contribution in [2.45, 2.75) is 13.8 Å². The number of carbonyl (C=O) groups excluding carboxylic acids is 1. The van der Waals surface area contributed by atoms with Gasteiger partial charge in [-0.2, -0.15) is 0 Å². The summed E-state index contributed by atoms with van der Waals surface area (Å²) in [5.41, 5.74) is 2.54. The summed E-state index contributed by atoms with van der Waals surface area (Å²) >= 11 is 0. The topological polar surface area (TPSA) is 20.3 Å². The number of aldehydes is 1. The Morgan fingerprint density at radius 1 is 1.05 bits per heavy atom.